The summed E-state index contributed by atoms with van der Waals surface area (Å²) in [5.41, 5.74) is 10.4. The summed E-state index contributed by atoms with van der Waals surface area (Å²) in [7, 11) is 0.750. The molecule has 3 aliphatic rings. The number of fused-ring (bicyclic) bond motifs is 3. The van der Waals surface area contributed by atoms with E-state index >= 15 is 0 Å². The van der Waals surface area contributed by atoms with Gasteiger partial charge in [0.1, 0.15) is 119 Å². The van der Waals surface area contributed by atoms with Gasteiger partial charge in [-0.3, -0.25) is 19.2 Å². The van der Waals surface area contributed by atoms with Gasteiger partial charge < -0.3 is 86.5 Å². The molecule has 6 heterocycles. The maximum Gasteiger partial charge on any atom is 1.00 e. The molecule has 12 aromatic rings. The minimum Gasteiger partial charge on any atom is -0.857 e. The minimum absolute atomic E-state index is 0. The standard InChI is InChI=1S/C34H35ClO7.C28H27ClO7.C25H29ClO6.C9H7ClO.CH3O.Na/c1-5-30-20(2)32(39-21(3)36)34(40-22(4)37)33(42-30)25-12-15-29(35)26(17-25)16-23-10-13-27(14-11-23)38-19-28-18-24-8-6-7-9-31(24)41-28;29-22-10-7-18(28-27(33)26(32)25(31)24(14-30)36-28)12-19(22)11-16-5-8-20(9-6-16)34-15-21-13-17-3-1-2-4-23(17)35-21;1-5-22-14(2)23(30-15(3)27)25(31-16(4)28)24(32-22)18-8-11-21(26)19(13-18)12-17-6-9-20(29)10-7-17;10-6-8-5-7-3-1-2-4-9(7)11-8;1-2;/h6-15,17-18,20,30,32-34H,5,16,19H2,1-4H3;1-10,12-13,24-28,30-33H,11,14-15H2;6-11,13-14,22-25,29H,5,12H2,1-4H3;1-5H,6H2;1H3;/q;;;;-1;+1/t20-,30-,32+,33+,34-;24-,25-,26+,27-,28+;14-,22-,23+,24+,25-;;;/m111.../s1. The van der Waals surface area contributed by atoms with E-state index in [1.54, 1.807) is 36.4 Å². The molecule has 3 aliphatic heterocycles. The number of benzene rings is 9. The molecule has 0 radical (unpaired) electrons. The number of alkyl halides is 1. The van der Waals surface area contributed by atoms with Crippen LogP contribution in [0.1, 0.15) is 154 Å². The number of carbonyl (C=O) groups excluding carboxylic acids is 4. The number of phenols is 1. The van der Waals surface area contributed by atoms with Gasteiger partial charge in [0.05, 0.1) is 24.7 Å². The molecule has 5 N–H and O–H groups in total. The number of hydrogen-bond acceptors (Lipinski definition) is 22. The van der Waals surface area contributed by atoms with Crippen LogP contribution in [0.2, 0.25) is 15.1 Å². The zero-order chi connectivity index (χ0) is 88.1. The molecular formula is C97H101Cl4NaO22. The topological polar surface area (TPSA) is 315 Å². The van der Waals surface area contributed by atoms with Crippen LogP contribution in [-0.2, 0) is 90.7 Å². The third-order valence-corrected chi connectivity index (χ3v) is 22.9. The van der Waals surface area contributed by atoms with E-state index in [4.69, 9.17) is 107 Å². The number of aliphatic hydroxyl groups excluding tert-OH is 4. The second kappa shape index (κ2) is 46.3. The first-order chi connectivity index (χ1) is 59.2. The molecule has 9 aromatic carbocycles. The van der Waals surface area contributed by atoms with Crippen LogP contribution in [0.15, 0.2) is 232 Å². The molecule has 3 aromatic heterocycles. The number of aromatic hydroxyl groups is 1. The van der Waals surface area contributed by atoms with E-state index < -0.39 is 97.6 Å². The fourth-order valence-electron chi connectivity index (χ4n) is 15.4. The van der Waals surface area contributed by atoms with E-state index in [0.29, 0.717) is 71.2 Å². The SMILES string of the molecule is CC[C@H]1O[C@@H](c2ccc(Cl)c(Cc3ccc(O)cc3)c2)[C@H](OC(C)=O)[C@@H](OC(C)=O)[C@@H]1C.CC[C@H]1O[C@@H](c2ccc(Cl)c(Cc3ccc(OCc4cc5ccccc5o4)cc3)c2)[C@H](OC(C)=O)[C@@H](OC(C)=O)[C@@H]1C.C[O-].ClCc1cc2ccccc2o1.OC[C@H]1O[C@@H](c2ccc(Cl)c(Cc3ccc(OCc4cc5ccccc5o4)cc3)c2)[C@H](O)[C@@H](O)[C@@H]1O.[Na+]. The summed E-state index contributed by atoms with van der Waals surface area (Å²) >= 11 is 25.2. The van der Waals surface area contributed by atoms with Crippen molar-refractivity contribution in [3.8, 4) is 17.2 Å². The Balaban J connectivity index is 0.000000181. The molecular weight excluding hydrogens is 1680 g/mol. The zero-order valence-corrected chi connectivity index (χ0v) is 75.5. The van der Waals surface area contributed by atoms with Crippen molar-refractivity contribution in [2.45, 2.75) is 186 Å². The number of hydrogen-bond donors (Lipinski definition) is 5. The van der Waals surface area contributed by atoms with Crippen LogP contribution in [0.5, 0.6) is 17.2 Å². The van der Waals surface area contributed by atoms with Crippen molar-refractivity contribution < 1.29 is 135 Å². The molecule has 0 spiro atoms. The van der Waals surface area contributed by atoms with Crippen LogP contribution < -0.4 is 44.1 Å². The van der Waals surface area contributed by atoms with Crippen molar-refractivity contribution >= 4 is 103 Å². The monoisotopic (exact) mass is 1780 g/mol. The third-order valence-electron chi connectivity index (χ3n) is 21.5. The van der Waals surface area contributed by atoms with Gasteiger partial charge in [0.15, 0.2) is 12.2 Å². The summed E-state index contributed by atoms with van der Waals surface area (Å²) in [6.07, 6.45) is -7.41. The van der Waals surface area contributed by atoms with Gasteiger partial charge in [-0.15, -0.1) is 11.6 Å². The minimum atomic E-state index is -1.44. The predicted molar refractivity (Wildman–Crippen MR) is 466 cm³/mol. The zero-order valence-electron chi connectivity index (χ0n) is 70.5. The number of halogens is 4. The van der Waals surface area contributed by atoms with E-state index in [9.17, 15) is 44.7 Å². The van der Waals surface area contributed by atoms with Crippen molar-refractivity contribution in [2.75, 3.05) is 13.7 Å². The van der Waals surface area contributed by atoms with Gasteiger partial charge in [0.2, 0.25) is 0 Å². The van der Waals surface area contributed by atoms with E-state index in [2.05, 4.69) is 0 Å². The number of furan rings is 3. The normalized spacial score (nSPS) is 22.0. The van der Waals surface area contributed by atoms with Crippen LogP contribution >= 0.6 is 46.4 Å². The maximum atomic E-state index is 12.1. The molecule has 0 aliphatic carbocycles. The Kier molecular flexibility index (Phi) is 36.2. The summed E-state index contributed by atoms with van der Waals surface area (Å²) in [6, 6.07) is 68.4. The number of aliphatic hydroxyl groups is 4. The third kappa shape index (κ3) is 25.5. The number of ether oxygens (including phenoxy) is 9. The maximum absolute atomic E-state index is 12.1. The molecule has 27 heteroatoms. The van der Waals surface area contributed by atoms with Crippen LogP contribution in [0.3, 0.4) is 0 Å². The fourth-order valence-corrected chi connectivity index (χ4v) is 16.1. The van der Waals surface area contributed by atoms with Gasteiger partial charge in [-0.05, 0) is 173 Å². The largest absolute Gasteiger partial charge is 1.00 e. The molecule has 0 bridgehead atoms. The van der Waals surface area contributed by atoms with E-state index in [1.165, 1.54) is 27.7 Å². The number of rotatable bonds is 23. The summed E-state index contributed by atoms with van der Waals surface area (Å²) < 4.78 is 70.0. The predicted octanol–water partition coefficient (Wildman–Crippen LogP) is 15.5. The van der Waals surface area contributed by atoms with E-state index in [0.717, 1.165) is 114 Å². The van der Waals surface area contributed by atoms with Gasteiger partial charge in [-0.2, -0.15) is 7.11 Å². The Morgan fingerprint density at radius 3 is 1.06 bits per heavy atom. The second-order valence-corrected chi connectivity index (χ2v) is 31.8. The Hall–Kier alpha value is -9.28. The van der Waals surface area contributed by atoms with Crippen LogP contribution in [0.4, 0.5) is 0 Å². The van der Waals surface area contributed by atoms with Crippen LogP contribution in [-0.4, -0.2) is 124 Å². The Morgan fingerprint density at radius 1 is 0.403 bits per heavy atom. The first-order valence-electron chi connectivity index (χ1n) is 40.5. The van der Waals surface area contributed by atoms with E-state index in [-0.39, 0.29) is 59.4 Å². The number of esters is 4. The van der Waals surface area contributed by atoms with Crippen LogP contribution in [0.25, 0.3) is 32.9 Å². The summed E-state index contributed by atoms with van der Waals surface area (Å²) in [6.45, 7) is 13.5. The Bertz CT molecular complexity index is 5360. The van der Waals surface area contributed by atoms with Gasteiger partial charge in [-0.25, -0.2) is 0 Å². The average molecular weight is 1780 g/mol. The van der Waals surface area contributed by atoms with Crippen molar-refractivity contribution in [1.82, 2.24) is 0 Å². The molecule has 3 saturated heterocycles. The molecule has 15 atom stereocenters. The number of phenolic OH excluding ortho intramolecular Hbond substituents is 1. The van der Waals surface area contributed by atoms with E-state index in [1.807, 2.05) is 210 Å². The fraction of sp³-hybridized carbons (Fsp3) is 0.340. The summed E-state index contributed by atoms with van der Waals surface area (Å²) in [5.74, 6) is 2.31. The van der Waals surface area contributed by atoms with Gasteiger partial charge in [0, 0.05) is 70.8 Å². The van der Waals surface area contributed by atoms with Crippen LogP contribution in [0, 0.1) is 11.8 Å². The average Bonchev–Trinajstić information content (AvgIpc) is 1.32. The van der Waals surface area contributed by atoms with Gasteiger partial charge in [-0.1, -0.05) is 190 Å². The summed E-state index contributed by atoms with van der Waals surface area (Å²) in [5, 5.41) is 62.8. The quantitative estimate of drug-likeness (QED) is 0.0172. The van der Waals surface area contributed by atoms with Gasteiger partial charge in [0.25, 0.3) is 0 Å². The van der Waals surface area contributed by atoms with Crippen molar-refractivity contribution in [2.24, 2.45) is 11.8 Å². The molecule has 124 heavy (non-hydrogen) atoms. The molecule has 0 amide bonds. The number of carbonyl (C=O) groups is 4. The molecule has 22 nitrogen and oxygen atoms in total. The molecule has 0 unspecified atom stereocenters. The van der Waals surface area contributed by atoms with Crippen molar-refractivity contribution in [3.63, 3.8) is 0 Å². The van der Waals surface area contributed by atoms with Gasteiger partial charge >= 0.3 is 53.4 Å². The Morgan fingerprint density at radius 2 is 0.726 bits per heavy atom. The van der Waals surface area contributed by atoms with Crippen molar-refractivity contribution in [1.29, 1.82) is 0 Å². The molecule has 0 saturated carbocycles. The first-order valence-corrected chi connectivity index (χ1v) is 42.2. The smallest absolute Gasteiger partial charge is 0.857 e. The molecule has 15 rings (SSSR count). The molecule has 3 fully saturated rings. The van der Waals surface area contributed by atoms with Crippen molar-refractivity contribution in [3.05, 3.63) is 301 Å². The number of para-hydroxylation sites is 3. The Labute approximate surface area is 762 Å². The first kappa shape index (κ1) is 96.9. The second-order valence-electron chi connectivity index (χ2n) is 30.3. The summed E-state index contributed by atoms with van der Waals surface area (Å²) in [4.78, 5) is 47.8. The molecule has 650 valence electrons.